The first-order valence-corrected chi connectivity index (χ1v) is 5.45. The molecule has 2 rings (SSSR count). The van der Waals surface area contributed by atoms with Crippen LogP contribution in [0.5, 0.6) is 0 Å². The number of fused-ring (bicyclic) bond motifs is 1. The molecule has 0 bridgehead atoms. The normalized spacial score (nSPS) is 10.8. The zero-order valence-corrected chi connectivity index (χ0v) is 9.79. The van der Waals surface area contributed by atoms with Gasteiger partial charge in [0, 0.05) is 18.1 Å². The minimum atomic E-state index is -0.830. The number of benzene rings is 1. The van der Waals surface area contributed by atoms with Crippen molar-refractivity contribution in [1.82, 2.24) is 4.57 Å². The first-order chi connectivity index (χ1) is 8.04. The van der Waals surface area contributed by atoms with E-state index in [1.54, 1.807) is 4.57 Å². The highest BCUT2D eigenvalue weighted by atomic mass is 35.5. The van der Waals surface area contributed by atoms with E-state index in [1.165, 1.54) is 18.3 Å². The number of hydrogen-bond acceptors (Lipinski definition) is 2. The van der Waals surface area contributed by atoms with E-state index in [0.717, 1.165) is 6.07 Å². The van der Waals surface area contributed by atoms with E-state index < -0.39 is 16.5 Å². The van der Waals surface area contributed by atoms with Gasteiger partial charge in [0.25, 0.3) is 5.24 Å². The smallest absolute Gasteiger partial charge is 0.257 e. The Morgan fingerprint density at radius 3 is 2.76 bits per heavy atom. The summed E-state index contributed by atoms with van der Waals surface area (Å²) in [4.78, 5) is 23.0. The van der Waals surface area contributed by atoms with Gasteiger partial charge in [0.1, 0.15) is 5.82 Å². The van der Waals surface area contributed by atoms with Gasteiger partial charge in [-0.2, -0.15) is 0 Å². The Labute approximate surface area is 101 Å². The van der Waals surface area contributed by atoms with Crippen molar-refractivity contribution in [2.45, 2.75) is 13.5 Å². The standard InChI is InChI=1S/C12H9ClFNO2/c1-2-15-6-9(12(13)17)11(16)8-5-7(14)3-4-10(8)15/h3-6H,2H2,1H3. The highest BCUT2D eigenvalue weighted by Crippen LogP contribution is 2.14. The fourth-order valence-electron chi connectivity index (χ4n) is 1.77. The Morgan fingerprint density at radius 1 is 1.47 bits per heavy atom. The van der Waals surface area contributed by atoms with Gasteiger partial charge < -0.3 is 4.57 Å². The molecule has 3 nitrogen and oxygen atoms in total. The summed E-state index contributed by atoms with van der Waals surface area (Å²) in [5.41, 5.74) is -0.0867. The number of aromatic nitrogens is 1. The number of carbonyl (C=O) groups excluding carboxylic acids is 1. The van der Waals surface area contributed by atoms with Crippen LogP contribution in [0, 0.1) is 5.82 Å². The number of carbonyl (C=O) groups is 1. The van der Waals surface area contributed by atoms with Crippen LogP contribution >= 0.6 is 11.6 Å². The summed E-state index contributed by atoms with van der Waals surface area (Å²) in [6.07, 6.45) is 1.40. The maximum atomic E-state index is 13.1. The lowest BCUT2D eigenvalue weighted by atomic mass is 10.1. The molecule has 1 aromatic carbocycles. The van der Waals surface area contributed by atoms with E-state index >= 15 is 0 Å². The molecule has 0 saturated heterocycles. The van der Waals surface area contributed by atoms with Crippen LogP contribution in [-0.2, 0) is 6.54 Å². The van der Waals surface area contributed by atoms with Crippen LogP contribution in [0.25, 0.3) is 10.9 Å². The minimum Gasteiger partial charge on any atom is -0.347 e. The van der Waals surface area contributed by atoms with Gasteiger partial charge in [0.05, 0.1) is 11.1 Å². The molecule has 5 heteroatoms. The van der Waals surface area contributed by atoms with Crippen molar-refractivity contribution in [1.29, 1.82) is 0 Å². The second-order valence-electron chi connectivity index (χ2n) is 3.59. The number of aryl methyl sites for hydroxylation is 1. The summed E-state index contributed by atoms with van der Waals surface area (Å²) in [6.45, 7) is 2.41. The van der Waals surface area contributed by atoms with E-state index in [0.29, 0.717) is 12.1 Å². The third-order valence-electron chi connectivity index (χ3n) is 2.59. The molecule has 0 unspecified atom stereocenters. The lowest BCUT2D eigenvalue weighted by Gasteiger charge is -2.09. The Bertz CT molecular complexity index is 663. The van der Waals surface area contributed by atoms with Gasteiger partial charge in [-0.15, -0.1) is 0 Å². The van der Waals surface area contributed by atoms with Crippen molar-refractivity contribution in [2.75, 3.05) is 0 Å². The van der Waals surface area contributed by atoms with Crippen molar-refractivity contribution in [2.24, 2.45) is 0 Å². The highest BCUT2D eigenvalue weighted by Gasteiger charge is 2.13. The zero-order chi connectivity index (χ0) is 12.6. The van der Waals surface area contributed by atoms with Crippen molar-refractivity contribution in [3.05, 3.63) is 46.0 Å². The van der Waals surface area contributed by atoms with Crippen molar-refractivity contribution in [3.63, 3.8) is 0 Å². The molecule has 0 fully saturated rings. The average Bonchev–Trinajstić information content (AvgIpc) is 2.29. The van der Waals surface area contributed by atoms with E-state index in [4.69, 9.17) is 11.6 Å². The van der Waals surface area contributed by atoms with Gasteiger partial charge in [-0.25, -0.2) is 4.39 Å². The molecule has 0 spiro atoms. The number of rotatable bonds is 2. The molecule has 2 aromatic rings. The van der Waals surface area contributed by atoms with E-state index in [1.807, 2.05) is 6.92 Å². The number of hydrogen-bond donors (Lipinski definition) is 0. The number of nitrogens with zero attached hydrogens (tertiary/aromatic N) is 1. The molecule has 0 aliphatic heterocycles. The second-order valence-corrected chi connectivity index (χ2v) is 3.94. The van der Waals surface area contributed by atoms with Gasteiger partial charge in [-0.05, 0) is 36.7 Å². The molecule has 0 N–H and O–H groups in total. The van der Waals surface area contributed by atoms with Gasteiger partial charge in [-0.3, -0.25) is 9.59 Å². The van der Waals surface area contributed by atoms with Crippen LogP contribution in [0.15, 0.2) is 29.2 Å². The first-order valence-electron chi connectivity index (χ1n) is 5.07. The average molecular weight is 254 g/mol. The predicted molar refractivity (Wildman–Crippen MR) is 64.0 cm³/mol. The van der Waals surface area contributed by atoms with Gasteiger partial charge in [0.2, 0.25) is 5.43 Å². The maximum absolute atomic E-state index is 13.1. The fraction of sp³-hybridized carbons (Fsp3) is 0.167. The summed E-state index contributed by atoms with van der Waals surface area (Å²) >= 11 is 5.33. The molecule has 0 radical (unpaired) electrons. The van der Waals surface area contributed by atoms with E-state index in [-0.39, 0.29) is 10.9 Å². The third kappa shape index (κ3) is 1.96. The van der Waals surface area contributed by atoms with E-state index in [9.17, 15) is 14.0 Å². The van der Waals surface area contributed by atoms with Gasteiger partial charge in [0.15, 0.2) is 0 Å². The van der Waals surface area contributed by atoms with Crippen LogP contribution in [0.3, 0.4) is 0 Å². The molecule has 0 atom stereocenters. The maximum Gasteiger partial charge on any atom is 0.257 e. The predicted octanol–water partition coefficient (Wildman–Crippen LogP) is 2.54. The van der Waals surface area contributed by atoms with Crippen LogP contribution in [0.1, 0.15) is 17.3 Å². The Balaban J connectivity index is 2.96. The number of pyridine rings is 1. The molecular weight excluding hydrogens is 245 g/mol. The van der Waals surface area contributed by atoms with Crippen LogP contribution in [0.2, 0.25) is 0 Å². The van der Waals surface area contributed by atoms with Gasteiger partial charge in [-0.1, -0.05) is 0 Å². The highest BCUT2D eigenvalue weighted by molar-refractivity contribution is 6.67. The molecule has 0 aliphatic carbocycles. The summed E-state index contributed by atoms with van der Waals surface area (Å²) in [5.74, 6) is -0.517. The van der Waals surface area contributed by atoms with Crippen LogP contribution < -0.4 is 5.43 Å². The molecule has 1 aromatic heterocycles. The molecule has 0 saturated carbocycles. The Hall–Kier alpha value is -1.68. The molecule has 1 heterocycles. The summed E-state index contributed by atoms with van der Waals surface area (Å²) in [6, 6.07) is 3.90. The SMILES string of the molecule is CCn1cc(C(=O)Cl)c(=O)c2cc(F)ccc21. The summed E-state index contributed by atoms with van der Waals surface area (Å²) in [5, 5.41) is -0.665. The lowest BCUT2D eigenvalue weighted by Crippen LogP contribution is -2.16. The zero-order valence-electron chi connectivity index (χ0n) is 9.04. The van der Waals surface area contributed by atoms with Crippen molar-refractivity contribution < 1.29 is 9.18 Å². The summed E-state index contributed by atoms with van der Waals surface area (Å²) < 4.78 is 14.8. The van der Waals surface area contributed by atoms with Crippen LogP contribution in [-0.4, -0.2) is 9.81 Å². The Kier molecular flexibility index (Phi) is 2.98. The first kappa shape index (κ1) is 11.8. The summed E-state index contributed by atoms with van der Waals surface area (Å²) in [7, 11) is 0. The van der Waals surface area contributed by atoms with Crippen molar-refractivity contribution in [3.8, 4) is 0 Å². The largest absolute Gasteiger partial charge is 0.347 e. The molecule has 0 amide bonds. The van der Waals surface area contributed by atoms with Crippen molar-refractivity contribution >= 4 is 27.7 Å². The minimum absolute atomic E-state index is 0.133. The molecule has 17 heavy (non-hydrogen) atoms. The fourth-order valence-corrected chi connectivity index (χ4v) is 1.91. The second kappa shape index (κ2) is 4.30. The number of halogens is 2. The molecule has 0 aliphatic rings. The monoisotopic (exact) mass is 253 g/mol. The van der Waals surface area contributed by atoms with Crippen LogP contribution in [0.4, 0.5) is 4.39 Å². The lowest BCUT2D eigenvalue weighted by molar-refractivity contribution is 0.108. The molecular formula is C12H9ClFNO2. The Morgan fingerprint density at radius 2 is 2.18 bits per heavy atom. The van der Waals surface area contributed by atoms with Gasteiger partial charge >= 0.3 is 0 Å². The topological polar surface area (TPSA) is 39.1 Å². The third-order valence-corrected chi connectivity index (χ3v) is 2.80. The quantitative estimate of drug-likeness (QED) is 0.772. The molecule has 88 valence electrons. The van der Waals surface area contributed by atoms with E-state index in [2.05, 4.69) is 0 Å².